The van der Waals surface area contributed by atoms with Gasteiger partial charge in [0, 0.05) is 35.2 Å². The molecule has 2 N–H and O–H groups in total. The maximum absolute atomic E-state index is 5.37. The minimum absolute atomic E-state index is 0.431. The lowest BCUT2D eigenvalue weighted by Crippen LogP contribution is -2.38. The van der Waals surface area contributed by atoms with Gasteiger partial charge in [0.1, 0.15) is 5.75 Å². The summed E-state index contributed by atoms with van der Waals surface area (Å²) in [5, 5.41) is 6.91. The highest BCUT2D eigenvalue weighted by Gasteiger charge is 2.06. The maximum Gasteiger partial charge on any atom is 0.124 e. The van der Waals surface area contributed by atoms with Gasteiger partial charge < -0.3 is 15.4 Å². The molecule has 0 saturated carbocycles. The highest BCUT2D eigenvalue weighted by atomic mass is 79.9. The van der Waals surface area contributed by atoms with E-state index in [-0.39, 0.29) is 0 Å². The van der Waals surface area contributed by atoms with Crippen molar-refractivity contribution in [3.63, 3.8) is 0 Å². The Kier molecular flexibility index (Phi) is 6.68. The SMILES string of the molecule is COc1cc(Br)ccc1CNC(C)CNC(C)C. The molecule has 102 valence electrons. The molecule has 1 atom stereocenters. The fourth-order valence-corrected chi connectivity index (χ4v) is 1.97. The van der Waals surface area contributed by atoms with Crippen molar-refractivity contribution in [2.45, 2.75) is 39.4 Å². The quantitative estimate of drug-likeness (QED) is 0.812. The molecule has 1 unspecified atom stereocenters. The fourth-order valence-electron chi connectivity index (χ4n) is 1.63. The van der Waals surface area contributed by atoms with Gasteiger partial charge in [-0.05, 0) is 19.1 Å². The third-order valence-electron chi connectivity index (χ3n) is 2.72. The van der Waals surface area contributed by atoms with E-state index in [1.807, 2.05) is 12.1 Å². The van der Waals surface area contributed by atoms with E-state index in [4.69, 9.17) is 4.74 Å². The van der Waals surface area contributed by atoms with Crippen LogP contribution in [0.3, 0.4) is 0 Å². The van der Waals surface area contributed by atoms with Crippen LogP contribution in [0, 0.1) is 0 Å². The molecule has 1 aromatic rings. The van der Waals surface area contributed by atoms with Gasteiger partial charge in [0.05, 0.1) is 7.11 Å². The third kappa shape index (κ3) is 5.38. The zero-order chi connectivity index (χ0) is 13.5. The molecule has 0 radical (unpaired) electrons. The molecule has 0 heterocycles. The van der Waals surface area contributed by atoms with Crippen LogP contribution in [0.4, 0.5) is 0 Å². The predicted octanol–water partition coefficient (Wildman–Crippen LogP) is 2.93. The molecular weight excluding hydrogens is 292 g/mol. The van der Waals surface area contributed by atoms with Crippen LogP contribution in [-0.2, 0) is 6.54 Å². The first-order valence-corrected chi connectivity index (χ1v) is 7.11. The van der Waals surface area contributed by atoms with Gasteiger partial charge in [-0.3, -0.25) is 0 Å². The van der Waals surface area contributed by atoms with Crippen LogP contribution in [0.15, 0.2) is 22.7 Å². The van der Waals surface area contributed by atoms with Gasteiger partial charge in [-0.15, -0.1) is 0 Å². The van der Waals surface area contributed by atoms with E-state index in [0.717, 1.165) is 23.3 Å². The summed E-state index contributed by atoms with van der Waals surface area (Å²) in [4.78, 5) is 0. The lowest BCUT2D eigenvalue weighted by atomic mass is 10.2. The highest BCUT2D eigenvalue weighted by molar-refractivity contribution is 9.10. The fraction of sp³-hybridized carbons (Fsp3) is 0.571. The van der Waals surface area contributed by atoms with Crippen LogP contribution in [0.5, 0.6) is 5.75 Å². The first-order valence-electron chi connectivity index (χ1n) is 6.32. The van der Waals surface area contributed by atoms with Crippen molar-refractivity contribution in [1.29, 1.82) is 0 Å². The zero-order valence-electron chi connectivity index (χ0n) is 11.6. The molecule has 0 amide bonds. The number of halogens is 1. The first-order chi connectivity index (χ1) is 8.52. The van der Waals surface area contributed by atoms with E-state index in [2.05, 4.69) is 53.4 Å². The Morgan fingerprint density at radius 2 is 1.94 bits per heavy atom. The molecule has 0 aromatic heterocycles. The molecule has 0 aliphatic heterocycles. The van der Waals surface area contributed by atoms with Gasteiger partial charge in [0.2, 0.25) is 0 Å². The molecule has 0 aliphatic carbocycles. The molecular formula is C14H23BrN2O. The van der Waals surface area contributed by atoms with Crippen molar-refractivity contribution in [2.24, 2.45) is 0 Å². The Balaban J connectivity index is 2.47. The molecule has 0 spiro atoms. The Morgan fingerprint density at radius 3 is 2.56 bits per heavy atom. The van der Waals surface area contributed by atoms with E-state index < -0.39 is 0 Å². The number of hydrogen-bond acceptors (Lipinski definition) is 3. The minimum atomic E-state index is 0.431. The van der Waals surface area contributed by atoms with E-state index in [9.17, 15) is 0 Å². The monoisotopic (exact) mass is 314 g/mol. The van der Waals surface area contributed by atoms with Crippen molar-refractivity contribution in [3.8, 4) is 5.75 Å². The summed E-state index contributed by atoms with van der Waals surface area (Å²) < 4.78 is 6.41. The summed E-state index contributed by atoms with van der Waals surface area (Å²) in [7, 11) is 1.70. The van der Waals surface area contributed by atoms with E-state index in [1.165, 1.54) is 5.56 Å². The maximum atomic E-state index is 5.37. The smallest absolute Gasteiger partial charge is 0.124 e. The summed E-state index contributed by atoms with van der Waals surface area (Å²) >= 11 is 3.45. The van der Waals surface area contributed by atoms with Gasteiger partial charge in [0.25, 0.3) is 0 Å². The molecule has 4 heteroatoms. The van der Waals surface area contributed by atoms with Crippen LogP contribution in [0.2, 0.25) is 0 Å². The molecule has 0 saturated heterocycles. The molecule has 0 aliphatic rings. The Bertz CT molecular complexity index is 369. The number of rotatable bonds is 7. The lowest BCUT2D eigenvalue weighted by molar-refractivity contribution is 0.403. The van der Waals surface area contributed by atoms with Gasteiger partial charge in [-0.25, -0.2) is 0 Å². The third-order valence-corrected chi connectivity index (χ3v) is 3.22. The van der Waals surface area contributed by atoms with E-state index >= 15 is 0 Å². The minimum Gasteiger partial charge on any atom is -0.496 e. The van der Waals surface area contributed by atoms with E-state index in [1.54, 1.807) is 7.11 Å². The normalized spacial score (nSPS) is 12.8. The van der Waals surface area contributed by atoms with Crippen molar-refractivity contribution < 1.29 is 4.74 Å². The van der Waals surface area contributed by atoms with Crippen LogP contribution in [-0.4, -0.2) is 25.7 Å². The van der Waals surface area contributed by atoms with Crippen LogP contribution < -0.4 is 15.4 Å². The molecule has 1 aromatic carbocycles. The van der Waals surface area contributed by atoms with Crippen molar-refractivity contribution in [1.82, 2.24) is 10.6 Å². The number of benzene rings is 1. The predicted molar refractivity (Wildman–Crippen MR) is 80.1 cm³/mol. The Hall–Kier alpha value is -0.580. The molecule has 0 fully saturated rings. The lowest BCUT2D eigenvalue weighted by Gasteiger charge is -2.17. The number of nitrogens with one attached hydrogen (secondary N) is 2. The molecule has 18 heavy (non-hydrogen) atoms. The van der Waals surface area contributed by atoms with Crippen molar-refractivity contribution >= 4 is 15.9 Å². The molecule has 3 nitrogen and oxygen atoms in total. The largest absolute Gasteiger partial charge is 0.496 e. The summed E-state index contributed by atoms with van der Waals surface area (Å²) in [6.07, 6.45) is 0. The number of hydrogen-bond donors (Lipinski definition) is 2. The average molecular weight is 315 g/mol. The summed E-state index contributed by atoms with van der Waals surface area (Å²) in [6, 6.07) is 7.07. The second-order valence-corrected chi connectivity index (χ2v) is 5.72. The summed E-state index contributed by atoms with van der Waals surface area (Å²) in [5.41, 5.74) is 1.18. The van der Waals surface area contributed by atoms with E-state index in [0.29, 0.717) is 12.1 Å². The van der Waals surface area contributed by atoms with Gasteiger partial charge in [0.15, 0.2) is 0 Å². The van der Waals surface area contributed by atoms with Gasteiger partial charge in [-0.2, -0.15) is 0 Å². The average Bonchev–Trinajstić information content (AvgIpc) is 2.34. The Morgan fingerprint density at radius 1 is 1.22 bits per heavy atom. The second-order valence-electron chi connectivity index (χ2n) is 4.80. The van der Waals surface area contributed by atoms with Gasteiger partial charge >= 0.3 is 0 Å². The van der Waals surface area contributed by atoms with Crippen molar-refractivity contribution in [2.75, 3.05) is 13.7 Å². The Labute approximate surface area is 118 Å². The zero-order valence-corrected chi connectivity index (χ0v) is 13.2. The van der Waals surface area contributed by atoms with Crippen molar-refractivity contribution in [3.05, 3.63) is 28.2 Å². The molecule has 1 rings (SSSR count). The second kappa shape index (κ2) is 7.77. The first kappa shape index (κ1) is 15.5. The van der Waals surface area contributed by atoms with Crippen LogP contribution in [0.25, 0.3) is 0 Å². The highest BCUT2D eigenvalue weighted by Crippen LogP contribution is 2.23. The van der Waals surface area contributed by atoms with Gasteiger partial charge in [-0.1, -0.05) is 35.8 Å². The summed E-state index contributed by atoms with van der Waals surface area (Å²) in [6.45, 7) is 8.28. The topological polar surface area (TPSA) is 33.3 Å². The number of ether oxygens (including phenoxy) is 1. The number of methoxy groups -OCH3 is 1. The molecule has 0 bridgehead atoms. The van der Waals surface area contributed by atoms with Crippen LogP contribution in [0.1, 0.15) is 26.3 Å². The standard InChI is InChI=1S/C14H23BrN2O/c1-10(2)16-8-11(3)17-9-12-5-6-13(15)7-14(12)18-4/h5-7,10-11,16-17H,8-9H2,1-4H3. The summed E-state index contributed by atoms with van der Waals surface area (Å²) in [5.74, 6) is 0.917. The van der Waals surface area contributed by atoms with Crippen LogP contribution >= 0.6 is 15.9 Å².